The van der Waals surface area contributed by atoms with Gasteiger partial charge in [-0.1, -0.05) is 31.0 Å². The lowest BCUT2D eigenvalue weighted by Gasteiger charge is -2.31. The summed E-state index contributed by atoms with van der Waals surface area (Å²) >= 11 is 5.90. The van der Waals surface area contributed by atoms with Crippen LogP contribution in [0.5, 0.6) is 0 Å². The molecule has 1 heterocycles. The highest BCUT2D eigenvalue weighted by atomic mass is 35.5. The van der Waals surface area contributed by atoms with E-state index in [-0.39, 0.29) is 24.0 Å². The van der Waals surface area contributed by atoms with E-state index in [2.05, 4.69) is 0 Å². The van der Waals surface area contributed by atoms with E-state index < -0.39 is 16.1 Å². The molecule has 2 rings (SSSR count). The lowest BCUT2D eigenvalue weighted by Crippen LogP contribution is -2.44. The summed E-state index contributed by atoms with van der Waals surface area (Å²) in [5.74, 6) is 0.889. The minimum absolute atomic E-state index is 0.153. The molecule has 7 heteroatoms. The highest BCUT2D eigenvalue weighted by Crippen LogP contribution is 2.25. The molecule has 0 saturated carbocycles. The first-order valence-corrected chi connectivity index (χ1v) is 10.6. The fraction of sp³-hybridized carbons (Fsp3) is 0.400. The molecule has 1 N–H and O–H groups in total. The topological polar surface area (TPSA) is 70.8 Å². The van der Waals surface area contributed by atoms with E-state index in [1.807, 2.05) is 20.8 Å². The molecule has 0 fully saturated rings. The Hall–Kier alpha value is -1.60. The fourth-order valence-corrected chi connectivity index (χ4v) is 4.68. The lowest BCUT2D eigenvalue weighted by molar-refractivity contribution is 0.173. The maximum Gasteiger partial charge on any atom is 0.243 e. The second kappa shape index (κ2) is 9.55. The third kappa shape index (κ3) is 5.94. The number of hydrogen-bond acceptors (Lipinski definition) is 4. The van der Waals surface area contributed by atoms with Crippen LogP contribution in [-0.2, 0) is 10.0 Å². The standard InChI is InChI=1S/C20H26ClNO4S/c1-15(2)11-18(14-23)22(13-16(3)12-19-5-4-10-26-19)27(24,25)20-8-6-17(21)7-9-20/h4-10,12,15,18,23H,11,13-14H2,1-3H3/b16-12+. The monoisotopic (exact) mass is 411 g/mol. The molecule has 1 atom stereocenters. The van der Waals surface area contributed by atoms with Crippen molar-refractivity contribution in [2.45, 2.75) is 38.1 Å². The molecule has 0 saturated heterocycles. The lowest BCUT2D eigenvalue weighted by atomic mass is 10.0. The first-order valence-electron chi connectivity index (χ1n) is 8.83. The second-order valence-corrected chi connectivity index (χ2v) is 9.30. The summed E-state index contributed by atoms with van der Waals surface area (Å²) in [5.41, 5.74) is 0.810. The normalized spacial score (nSPS) is 14.1. The average Bonchev–Trinajstić information content (AvgIpc) is 3.10. The van der Waals surface area contributed by atoms with Crippen molar-refractivity contribution in [2.24, 2.45) is 5.92 Å². The Morgan fingerprint density at radius 2 is 1.93 bits per heavy atom. The van der Waals surface area contributed by atoms with Crippen LogP contribution in [0.15, 0.2) is 57.5 Å². The number of aliphatic hydroxyl groups is 1. The molecule has 27 heavy (non-hydrogen) atoms. The minimum Gasteiger partial charge on any atom is -0.465 e. The van der Waals surface area contributed by atoms with Crippen LogP contribution in [0.4, 0.5) is 0 Å². The van der Waals surface area contributed by atoms with Gasteiger partial charge in [-0.3, -0.25) is 0 Å². The third-order valence-corrected chi connectivity index (χ3v) is 6.28. The summed E-state index contributed by atoms with van der Waals surface area (Å²) in [7, 11) is -3.81. The molecule has 5 nitrogen and oxygen atoms in total. The third-order valence-electron chi connectivity index (χ3n) is 4.12. The van der Waals surface area contributed by atoms with Crippen molar-refractivity contribution in [3.63, 3.8) is 0 Å². The fourth-order valence-electron chi connectivity index (χ4n) is 2.89. The van der Waals surface area contributed by atoms with Gasteiger partial charge in [-0.25, -0.2) is 8.42 Å². The second-order valence-electron chi connectivity index (χ2n) is 6.98. The number of benzene rings is 1. The summed E-state index contributed by atoms with van der Waals surface area (Å²) < 4.78 is 33.2. The molecular weight excluding hydrogens is 386 g/mol. The van der Waals surface area contributed by atoms with Gasteiger partial charge in [0.05, 0.1) is 17.8 Å². The van der Waals surface area contributed by atoms with Crippen LogP contribution in [-0.4, -0.2) is 37.0 Å². The maximum atomic E-state index is 13.3. The number of rotatable bonds is 9. The average molecular weight is 412 g/mol. The van der Waals surface area contributed by atoms with E-state index in [9.17, 15) is 13.5 Å². The first kappa shape index (κ1) is 21.7. The van der Waals surface area contributed by atoms with Gasteiger partial charge in [0.15, 0.2) is 0 Å². The largest absolute Gasteiger partial charge is 0.465 e. The zero-order chi connectivity index (χ0) is 20.0. The van der Waals surface area contributed by atoms with Crippen LogP contribution in [0.3, 0.4) is 0 Å². The molecular formula is C20H26ClNO4S. The van der Waals surface area contributed by atoms with Crippen molar-refractivity contribution in [3.8, 4) is 0 Å². The highest BCUT2D eigenvalue weighted by molar-refractivity contribution is 7.89. The molecule has 0 bridgehead atoms. The van der Waals surface area contributed by atoms with E-state index in [0.29, 0.717) is 17.2 Å². The van der Waals surface area contributed by atoms with Gasteiger partial charge in [0, 0.05) is 17.6 Å². The van der Waals surface area contributed by atoms with Gasteiger partial charge in [-0.15, -0.1) is 0 Å². The van der Waals surface area contributed by atoms with Crippen molar-refractivity contribution in [2.75, 3.05) is 13.2 Å². The van der Waals surface area contributed by atoms with Gasteiger partial charge in [-0.2, -0.15) is 4.31 Å². The van der Waals surface area contributed by atoms with Crippen LogP contribution >= 0.6 is 11.6 Å². The number of halogens is 1. The van der Waals surface area contributed by atoms with Crippen molar-refractivity contribution < 1.29 is 17.9 Å². The van der Waals surface area contributed by atoms with Gasteiger partial charge in [-0.05, 0) is 61.7 Å². The molecule has 0 spiro atoms. The molecule has 1 aromatic heterocycles. The highest BCUT2D eigenvalue weighted by Gasteiger charge is 2.31. The predicted octanol–water partition coefficient (Wildman–Crippen LogP) is 4.43. The van der Waals surface area contributed by atoms with Crippen LogP contribution in [0, 0.1) is 5.92 Å². The van der Waals surface area contributed by atoms with E-state index >= 15 is 0 Å². The minimum atomic E-state index is -3.81. The smallest absolute Gasteiger partial charge is 0.243 e. The summed E-state index contributed by atoms with van der Waals surface area (Å²) in [5, 5.41) is 10.4. The molecule has 1 aromatic carbocycles. The Kier molecular flexibility index (Phi) is 7.68. The van der Waals surface area contributed by atoms with Gasteiger partial charge in [0.25, 0.3) is 0 Å². The maximum absolute atomic E-state index is 13.3. The van der Waals surface area contributed by atoms with Gasteiger partial charge in [0.2, 0.25) is 10.0 Å². The van der Waals surface area contributed by atoms with Gasteiger partial charge in [0.1, 0.15) is 5.76 Å². The van der Waals surface area contributed by atoms with E-state index in [1.165, 1.54) is 16.4 Å². The molecule has 0 radical (unpaired) electrons. The molecule has 0 aliphatic carbocycles. The van der Waals surface area contributed by atoms with E-state index in [1.54, 1.807) is 36.6 Å². The molecule has 148 valence electrons. The van der Waals surface area contributed by atoms with Crippen LogP contribution in [0.2, 0.25) is 5.02 Å². The van der Waals surface area contributed by atoms with Crippen LogP contribution in [0.1, 0.15) is 33.0 Å². The number of hydrogen-bond donors (Lipinski definition) is 1. The quantitative estimate of drug-likeness (QED) is 0.662. The zero-order valence-corrected chi connectivity index (χ0v) is 17.4. The summed E-state index contributed by atoms with van der Waals surface area (Å²) in [6.07, 6.45) is 3.92. The number of nitrogens with zero attached hydrogens (tertiary/aromatic N) is 1. The van der Waals surface area contributed by atoms with Crippen molar-refractivity contribution in [3.05, 3.63) is 59.0 Å². The predicted molar refractivity (Wildman–Crippen MR) is 108 cm³/mol. The molecule has 0 amide bonds. The van der Waals surface area contributed by atoms with E-state index in [4.69, 9.17) is 16.0 Å². The Balaban J connectivity index is 2.40. The number of aliphatic hydroxyl groups excluding tert-OH is 1. The molecule has 2 aromatic rings. The SMILES string of the molecule is C/C(=C\c1ccco1)CN(C(CO)CC(C)C)S(=O)(=O)c1ccc(Cl)cc1. The summed E-state index contributed by atoms with van der Waals surface area (Å²) in [6, 6.07) is 9.13. The van der Waals surface area contributed by atoms with Crippen LogP contribution < -0.4 is 0 Å². The first-order chi connectivity index (χ1) is 12.7. The number of sulfonamides is 1. The van der Waals surface area contributed by atoms with Crippen LogP contribution in [0.25, 0.3) is 6.08 Å². The van der Waals surface area contributed by atoms with Gasteiger partial charge < -0.3 is 9.52 Å². The number of furan rings is 1. The molecule has 1 unspecified atom stereocenters. The molecule has 0 aliphatic rings. The van der Waals surface area contributed by atoms with Crippen molar-refractivity contribution in [1.82, 2.24) is 4.31 Å². The van der Waals surface area contributed by atoms with E-state index in [0.717, 1.165) is 5.57 Å². The van der Waals surface area contributed by atoms with Crippen molar-refractivity contribution in [1.29, 1.82) is 0 Å². The Morgan fingerprint density at radius 3 is 2.44 bits per heavy atom. The molecule has 0 aliphatic heterocycles. The van der Waals surface area contributed by atoms with Crippen molar-refractivity contribution >= 4 is 27.7 Å². The Labute approximate surface area is 166 Å². The summed E-state index contributed by atoms with van der Waals surface area (Å²) in [4.78, 5) is 0.153. The summed E-state index contributed by atoms with van der Waals surface area (Å²) in [6.45, 7) is 5.75. The van der Waals surface area contributed by atoms with Gasteiger partial charge >= 0.3 is 0 Å². The Morgan fingerprint density at radius 1 is 1.26 bits per heavy atom. The zero-order valence-electron chi connectivity index (χ0n) is 15.8. The Bertz CT molecular complexity index is 843.